The molecule has 164 valence electrons. The Labute approximate surface area is 181 Å². The van der Waals surface area contributed by atoms with Gasteiger partial charge in [0.25, 0.3) is 5.91 Å². The lowest BCUT2D eigenvalue weighted by Crippen LogP contribution is -2.38. The Morgan fingerprint density at radius 2 is 1.58 bits per heavy atom. The third-order valence-corrected chi connectivity index (χ3v) is 6.08. The number of amides is 1. The maximum absolute atomic E-state index is 13.3. The van der Waals surface area contributed by atoms with Crippen LogP contribution in [0.5, 0.6) is 23.0 Å². The van der Waals surface area contributed by atoms with E-state index in [0.29, 0.717) is 41.8 Å². The Morgan fingerprint density at radius 1 is 0.903 bits per heavy atom. The van der Waals surface area contributed by atoms with Crippen LogP contribution in [0.4, 0.5) is 0 Å². The first-order chi connectivity index (χ1) is 15.1. The number of fused-ring (bicyclic) bond motifs is 1. The molecule has 31 heavy (non-hydrogen) atoms. The van der Waals surface area contributed by atoms with Crippen LogP contribution in [-0.4, -0.2) is 57.3 Å². The first kappa shape index (κ1) is 20.9. The second kappa shape index (κ2) is 8.79. The van der Waals surface area contributed by atoms with Crippen molar-refractivity contribution in [3.63, 3.8) is 0 Å². The van der Waals surface area contributed by atoms with Crippen molar-refractivity contribution in [3.05, 3.63) is 47.7 Å². The van der Waals surface area contributed by atoms with Crippen molar-refractivity contribution in [2.24, 2.45) is 0 Å². The number of methoxy groups -OCH3 is 4. The van der Waals surface area contributed by atoms with Crippen molar-refractivity contribution < 1.29 is 23.7 Å². The number of carbonyl (C=O) groups excluding carboxylic acids is 1. The summed E-state index contributed by atoms with van der Waals surface area (Å²) in [7, 11) is 6.35. The van der Waals surface area contributed by atoms with Crippen LogP contribution < -0.4 is 18.9 Å². The molecule has 7 nitrogen and oxygen atoms in total. The molecule has 7 heteroatoms. The van der Waals surface area contributed by atoms with Crippen LogP contribution in [0.3, 0.4) is 0 Å². The minimum Gasteiger partial charge on any atom is -0.497 e. The summed E-state index contributed by atoms with van der Waals surface area (Å²) in [4.78, 5) is 18.5. The lowest BCUT2D eigenvalue weighted by molar-refractivity contribution is 0.0709. The van der Waals surface area contributed by atoms with Gasteiger partial charge in [-0.1, -0.05) is 0 Å². The van der Waals surface area contributed by atoms with Crippen molar-refractivity contribution in [2.75, 3.05) is 41.5 Å². The SMILES string of the molecule is COc1ccc2[nH]cc(C3CCN(C(=O)c4cc(OC)c(OC)cc4OC)CC3)c2c1. The molecule has 0 aliphatic carbocycles. The number of ether oxygens (including phenoxy) is 4. The summed E-state index contributed by atoms with van der Waals surface area (Å²) in [6.07, 6.45) is 3.88. The Hall–Kier alpha value is -3.35. The van der Waals surface area contributed by atoms with Gasteiger partial charge in [-0.05, 0) is 42.5 Å². The van der Waals surface area contributed by atoms with E-state index < -0.39 is 0 Å². The highest BCUT2D eigenvalue weighted by Gasteiger charge is 2.28. The summed E-state index contributed by atoms with van der Waals surface area (Å²) in [5.41, 5.74) is 2.87. The van der Waals surface area contributed by atoms with Gasteiger partial charge in [-0.2, -0.15) is 0 Å². The molecular weight excluding hydrogens is 396 g/mol. The van der Waals surface area contributed by atoms with E-state index in [2.05, 4.69) is 17.2 Å². The number of nitrogens with one attached hydrogen (secondary N) is 1. The number of aromatic nitrogens is 1. The highest BCUT2D eigenvalue weighted by atomic mass is 16.5. The number of likely N-dealkylation sites (tertiary alicyclic amines) is 1. The fourth-order valence-electron chi connectivity index (χ4n) is 4.35. The molecule has 0 spiro atoms. The number of benzene rings is 2. The van der Waals surface area contributed by atoms with Crippen LogP contribution in [0.2, 0.25) is 0 Å². The minimum absolute atomic E-state index is 0.0585. The van der Waals surface area contributed by atoms with Gasteiger partial charge in [0, 0.05) is 42.3 Å². The molecular formula is C24H28N2O5. The number of piperidine rings is 1. The first-order valence-electron chi connectivity index (χ1n) is 10.3. The molecule has 1 fully saturated rings. The lowest BCUT2D eigenvalue weighted by atomic mass is 9.89. The van der Waals surface area contributed by atoms with Gasteiger partial charge in [-0.3, -0.25) is 4.79 Å². The van der Waals surface area contributed by atoms with Gasteiger partial charge in [0.15, 0.2) is 11.5 Å². The zero-order valence-corrected chi connectivity index (χ0v) is 18.4. The Bertz CT molecular complexity index is 1080. The van der Waals surface area contributed by atoms with E-state index >= 15 is 0 Å². The molecule has 2 aromatic carbocycles. The third kappa shape index (κ3) is 3.87. The molecule has 0 saturated carbocycles. The van der Waals surface area contributed by atoms with Gasteiger partial charge < -0.3 is 28.8 Å². The Balaban J connectivity index is 1.52. The highest BCUT2D eigenvalue weighted by Crippen LogP contribution is 2.38. The Kier molecular flexibility index (Phi) is 5.93. The molecule has 0 radical (unpaired) electrons. The van der Waals surface area contributed by atoms with Crippen LogP contribution in [0, 0.1) is 0 Å². The molecule has 0 atom stereocenters. The van der Waals surface area contributed by atoms with Crippen molar-refractivity contribution in [1.29, 1.82) is 0 Å². The van der Waals surface area contributed by atoms with E-state index in [1.165, 1.54) is 10.9 Å². The zero-order valence-electron chi connectivity index (χ0n) is 18.4. The lowest BCUT2D eigenvalue weighted by Gasteiger charge is -2.32. The largest absolute Gasteiger partial charge is 0.497 e. The van der Waals surface area contributed by atoms with Crippen molar-refractivity contribution >= 4 is 16.8 Å². The van der Waals surface area contributed by atoms with Crippen LogP contribution in [0.25, 0.3) is 10.9 Å². The number of aromatic amines is 1. The predicted octanol–water partition coefficient (Wildman–Crippen LogP) is 4.22. The van der Waals surface area contributed by atoms with Crippen molar-refractivity contribution in [3.8, 4) is 23.0 Å². The van der Waals surface area contributed by atoms with Gasteiger partial charge in [0.2, 0.25) is 0 Å². The van der Waals surface area contributed by atoms with Gasteiger partial charge in [0.05, 0.1) is 34.0 Å². The summed E-state index contributed by atoms with van der Waals surface area (Å²) in [5, 5.41) is 1.19. The van der Waals surface area contributed by atoms with Crippen LogP contribution in [-0.2, 0) is 0 Å². The van der Waals surface area contributed by atoms with Crippen LogP contribution in [0.1, 0.15) is 34.7 Å². The molecule has 2 heterocycles. The van der Waals surface area contributed by atoms with E-state index in [1.807, 2.05) is 17.0 Å². The number of carbonyl (C=O) groups is 1. The van der Waals surface area contributed by atoms with Crippen molar-refractivity contribution in [1.82, 2.24) is 9.88 Å². The monoisotopic (exact) mass is 424 g/mol. The van der Waals surface area contributed by atoms with Gasteiger partial charge in [-0.25, -0.2) is 0 Å². The van der Waals surface area contributed by atoms with E-state index in [1.54, 1.807) is 40.6 Å². The second-order valence-electron chi connectivity index (χ2n) is 7.63. The number of hydrogen-bond donors (Lipinski definition) is 1. The number of H-pyrrole nitrogens is 1. The highest BCUT2D eigenvalue weighted by molar-refractivity contribution is 5.98. The van der Waals surface area contributed by atoms with Crippen LogP contribution in [0.15, 0.2) is 36.5 Å². The second-order valence-corrected chi connectivity index (χ2v) is 7.63. The number of hydrogen-bond acceptors (Lipinski definition) is 5. The van der Waals surface area contributed by atoms with E-state index in [-0.39, 0.29) is 5.91 Å². The standard InChI is InChI=1S/C24H28N2O5/c1-28-16-5-6-20-17(11-16)19(14-25-20)15-7-9-26(10-8-15)24(27)18-12-22(30-3)23(31-4)13-21(18)29-2/h5-6,11-15,25H,7-10H2,1-4H3. The molecule has 1 saturated heterocycles. The fraction of sp³-hybridized carbons (Fsp3) is 0.375. The zero-order chi connectivity index (χ0) is 22.0. The quantitative estimate of drug-likeness (QED) is 0.641. The summed E-state index contributed by atoms with van der Waals surface area (Å²) in [5.74, 6) is 2.70. The van der Waals surface area contributed by atoms with Gasteiger partial charge in [-0.15, -0.1) is 0 Å². The normalized spacial score (nSPS) is 14.5. The van der Waals surface area contributed by atoms with E-state index in [0.717, 1.165) is 24.1 Å². The maximum Gasteiger partial charge on any atom is 0.257 e. The molecule has 0 bridgehead atoms. The fourth-order valence-corrected chi connectivity index (χ4v) is 4.35. The van der Waals surface area contributed by atoms with Gasteiger partial charge in [0.1, 0.15) is 11.5 Å². The smallest absolute Gasteiger partial charge is 0.257 e. The first-order valence-corrected chi connectivity index (χ1v) is 10.3. The average molecular weight is 424 g/mol. The molecule has 4 rings (SSSR count). The molecule has 1 aliphatic rings. The average Bonchev–Trinajstić information content (AvgIpc) is 3.25. The topological polar surface area (TPSA) is 73.0 Å². The summed E-state index contributed by atoms with van der Waals surface area (Å²) < 4.78 is 21.5. The molecule has 1 aliphatic heterocycles. The summed E-state index contributed by atoms with van der Waals surface area (Å²) >= 11 is 0. The van der Waals surface area contributed by atoms with Crippen molar-refractivity contribution in [2.45, 2.75) is 18.8 Å². The summed E-state index contributed by atoms with van der Waals surface area (Å²) in [6, 6.07) is 9.46. The molecule has 0 unspecified atom stereocenters. The van der Waals surface area contributed by atoms with E-state index in [9.17, 15) is 4.79 Å². The van der Waals surface area contributed by atoms with Crippen LogP contribution >= 0.6 is 0 Å². The number of rotatable bonds is 6. The minimum atomic E-state index is -0.0585. The predicted molar refractivity (Wildman–Crippen MR) is 119 cm³/mol. The molecule has 1 N–H and O–H groups in total. The summed E-state index contributed by atoms with van der Waals surface area (Å²) in [6.45, 7) is 1.36. The van der Waals surface area contributed by atoms with Gasteiger partial charge >= 0.3 is 0 Å². The molecule has 1 aromatic heterocycles. The molecule has 3 aromatic rings. The molecule has 1 amide bonds. The Morgan fingerprint density at radius 3 is 2.23 bits per heavy atom. The van der Waals surface area contributed by atoms with E-state index in [4.69, 9.17) is 18.9 Å². The number of nitrogens with zero attached hydrogens (tertiary/aromatic N) is 1. The third-order valence-electron chi connectivity index (χ3n) is 6.08. The maximum atomic E-state index is 13.3.